The van der Waals surface area contributed by atoms with E-state index in [1.165, 1.54) is 17.1 Å². The number of carbonyl (C=O) groups is 1. The molecular formula is C27H29F4N7O2. The molecule has 5 rings (SSSR count). The number of halogens is 4. The Balaban J connectivity index is 1.31. The van der Waals surface area contributed by atoms with Crippen LogP contribution in [-0.4, -0.2) is 49.2 Å². The number of ether oxygens (including phenoxy) is 1. The molecule has 1 saturated heterocycles. The van der Waals surface area contributed by atoms with E-state index in [-0.39, 0.29) is 41.0 Å². The van der Waals surface area contributed by atoms with Crippen LogP contribution in [0.3, 0.4) is 0 Å². The van der Waals surface area contributed by atoms with Gasteiger partial charge in [-0.3, -0.25) is 4.68 Å². The van der Waals surface area contributed by atoms with Gasteiger partial charge in [0.1, 0.15) is 34.6 Å². The standard InChI is InChI=1S/C27H29F4N7O2/c1-25(2,3)40-24(39)36-7-6-26(15-36)9-19(10-26)38-23(33)20(11-32)22(35-38)17-12-34-37(14-17)13-16-8-18(27(29,30)31)4-5-21(16)28/h4-5,8,12,14,19H,6-7,9-10,13,15,33H2,1-3H3/t19-,26-. The molecule has 1 amide bonds. The first-order valence-electron chi connectivity index (χ1n) is 12.8. The Morgan fingerprint density at radius 2 is 2.00 bits per heavy atom. The zero-order valence-corrected chi connectivity index (χ0v) is 22.3. The van der Waals surface area contributed by atoms with Crippen molar-refractivity contribution < 1.29 is 27.1 Å². The molecule has 1 aliphatic carbocycles. The summed E-state index contributed by atoms with van der Waals surface area (Å²) >= 11 is 0. The monoisotopic (exact) mass is 559 g/mol. The number of aromatic nitrogens is 4. The number of nitrogen functional groups attached to an aromatic ring is 1. The number of nitriles is 1. The van der Waals surface area contributed by atoms with Crippen LogP contribution in [0.5, 0.6) is 0 Å². The van der Waals surface area contributed by atoms with E-state index in [4.69, 9.17) is 10.5 Å². The average Bonchev–Trinajstić information content (AvgIpc) is 3.55. The fourth-order valence-electron chi connectivity index (χ4n) is 5.52. The van der Waals surface area contributed by atoms with Gasteiger partial charge in [-0.15, -0.1) is 0 Å². The number of hydrogen-bond acceptors (Lipinski definition) is 6. The lowest BCUT2D eigenvalue weighted by Gasteiger charge is -2.45. The topological polar surface area (TPSA) is 115 Å². The Bertz CT molecular complexity index is 1490. The molecule has 2 N–H and O–H groups in total. The summed E-state index contributed by atoms with van der Waals surface area (Å²) in [5.74, 6) is -0.580. The van der Waals surface area contributed by atoms with E-state index in [9.17, 15) is 27.6 Å². The van der Waals surface area contributed by atoms with Gasteiger partial charge in [0.2, 0.25) is 0 Å². The molecule has 3 heterocycles. The highest BCUT2D eigenvalue weighted by Gasteiger charge is 2.51. The predicted octanol–water partition coefficient (Wildman–Crippen LogP) is 5.37. The molecule has 3 aromatic rings. The highest BCUT2D eigenvalue weighted by molar-refractivity contribution is 5.72. The maximum atomic E-state index is 14.2. The Morgan fingerprint density at radius 1 is 1.27 bits per heavy atom. The number of anilines is 1. The second-order valence-electron chi connectivity index (χ2n) is 11.6. The number of carbonyl (C=O) groups excluding carboxylic acids is 1. The van der Waals surface area contributed by atoms with Crippen molar-refractivity contribution in [2.45, 2.75) is 64.4 Å². The molecule has 2 aromatic heterocycles. The Morgan fingerprint density at radius 3 is 2.65 bits per heavy atom. The van der Waals surface area contributed by atoms with Crippen LogP contribution >= 0.6 is 0 Å². The molecule has 0 unspecified atom stereocenters. The number of nitrogens with two attached hydrogens (primary N) is 1. The molecule has 0 bridgehead atoms. The van der Waals surface area contributed by atoms with E-state index >= 15 is 0 Å². The molecule has 2 aliphatic rings. The highest BCUT2D eigenvalue weighted by Crippen LogP contribution is 2.55. The van der Waals surface area contributed by atoms with Gasteiger partial charge in [-0.25, -0.2) is 13.9 Å². The Kier molecular flexibility index (Phi) is 6.55. The number of benzene rings is 1. The Labute approximate surface area is 228 Å². The number of alkyl halides is 3. The lowest BCUT2D eigenvalue weighted by molar-refractivity contribution is -0.137. The lowest BCUT2D eigenvalue weighted by Crippen LogP contribution is -2.43. The van der Waals surface area contributed by atoms with Gasteiger partial charge in [0.25, 0.3) is 0 Å². The van der Waals surface area contributed by atoms with Crippen LogP contribution in [0.25, 0.3) is 11.3 Å². The van der Waals surface area contributed by atoms with Crippen molar-refractivity contribution in [2.75, 3.05) is 18.8 Å². The highest BCUT2D eigenvalue weighted by atomic mass is 19.4. The number of rotatable bonds is 4. The molecule has 0 atom stereocenters. The van der Waals surface area contributed by atoms with Gasteiger partial charge in [0.15, 0.2) is 0 Å². The first kappa shape index (κ1) is 27.5. The maximum absolute atomic E-state index is 14.2. The molecule has 0 radical (unpaired) electrons. The van der Waals surface area contributed by atoms with Crippen LogP contribution in [0.15, 0.2) is 30.6 Å². The van der Waals surface area contributed by atoms with Gasteiger partial charge in [0, 0.05) is 30.4 Å². The van der Waals surface area contributed by atoms with Crippen LogP contribution < -0.4 is 5.73 Å². The van der Waals surface area contributed by atoms with E-state index in [2.05, 4.69) is 16.3 Å². The van der Waals surface area contributed by atoms with Crippen LogP contribution in [0, 0.1) is 22.6 Å². The zero-order chi connectivity index (χ0) is 29.0. The molecule has 40 heavy (non-hydrogen) atoms. The molecule has 13 heteroatoms. The molecule has 1 saturated carbocycles. The van der Waals surface area contributed by atoms with Gasteiger partial charge in [-0.1, -0.05) is 0 Å². The van der Waals surface area contributed by atoms with Gasteiger partial charge in [-0.05, 0) is 63.6 Å². The third kappa shape index (κ3) is 5.22. The first-order valence-corrected chi connectivity index (χ1v) is 12.8. The summed E-state index contributed by atoms with van der Waals surface area (Å²) in [5.41, 5.74) is 5.43. The van der Waals surface area contributed by atoms with E-state index in [1.807, 2.05) is 20.8 Å². The third-order valence-corrected chi connectivity index (χ3v) is 7.44. The van der Waals surface area contributed by atoms with Crippen LogP contribution in [0.2, 0.25) is 0 Å². The second kappa shape index (κ2) is 9.53. The summed E-state index contributed by atoms with van der Waals surface area (Å²) in [6, 6.07) is 4.24. The second-order valence-corrected chi connectivity index (χ2v) is 11.6. The van der Waals surface area contributed by atoms with Crippen LogP contribution in [0.4, 0.5) is 28.2 Å². The smallest absolute Gasteiger partial charge is 0.416 e. The summed E-state index contributed by atoms with van der Waals surface area (Å²) in [6.45, 7) is 6.43. The molecule has 212 valence electrons. The summed E-state index contributed by atoms with van der Waals surface area (Å²) in [6.07, 6.45) is 0.271. The van der Waals surface area contributed by atoms with Gasteiger partial charge < -0.3 is 15.4 Å². The van der Waals surface area contributed by atoms with Crippen molar-refractivity contribution in [3.8, 4) is 17.3 Å². The van der Waals surface area contributed by atoms with Crippen molar-refractivity contribution in [2.24, 2.45) is 5.41 Å². The summed E-state index contributed by atoms with van der Waals surface area (Å²) < 4.78 is 61.9. The van der Waals surface area contributed by atoms with Gasteiger partial charge in [0.05, 0.1) is 24.3 Å². The summed E-state index contributed by atoms with van der Waals surface area (Å²) in [4.78, 5) is 14.2. The van der Waals surface area contributed by atoms with E-state index in [1.54, 1.807) is 9.58 Å². The average molecular weight is 560 g/mol. The fourth-order valence-corrected chi connectivity index (χ4v) is 5.52. The van der Waals surface area contributed by atoms with Crippen molar-refractivity contribution in [1.82, 2.24) is 24.5 Å². The molecule has 2 fully saturated rings. The first-order chi connectivity index (χ1) is 18.7. The minimum atomic E-state index is -4.60. The predicted molar refractivity (Wildman–Crippen MR) is 136 cm³/mol. The van der Waals surface area contributed by atoms with Crippen molar-refractivity contribution in [1.29, 1.82) is 5.26 Å². The molecule has 9 nitrogen and oxygen atoms in total. The molecule has 1 spiro atoms. The maximum Gasteiger partial charge on any atom is 0.416 e. The molecule has 1 aliphatic heterocycles. The Hall–Kier alpha value is -4.08. The van der Waals surface area contributed by atoms with E-state index in [0.29, 0.717) is 30.4 Å². The van der Waals surface area contributed by atoms with Crippen molar-refractivity contribution in [3.63, 3.8) is 0 Å². The zero-order valence-electron chi connectivity index (χ0n) is 22.3. The fraction of sp³-hybridized carbons (Fsp3) is 0.481. The summed E-state index contributed by atoms with van der Waals surface area (Å²) in [5, 5.41) is 18.5. The molecular weight excluding hydrogens is 530 g/mol. The number of nitrogens with zero attached hydrogens (tertiary/aromatic N) is 6. The third-order valence-electron chi connectivity index (χ3n) is 7.44. The quantitative estimate of drug-likeness (QED) is 0.430. The minimum absolute atomic E-state index is 0.0614. The largest absolute Gasteiger partial charge is 0.444 e. The van der Waals surface area contributed by atoms with Crippen LogP contribution in [0.1, 0.15) is 62.8 Å². The van der Waals surface area contributed by atoms with Crippen molar-refractivity contribution in [3.05, 3.63) is 53.1 Å². The normalized spacial score (nSPS) is 20.9. The number of amides is 1. The van der Waals surface area contributed by atoms with Gasteiger partial charge >= 0.3 is 12.3 Å². The molecule has 1 aromatic carbocycles. The number of hydrogen-bond donors (Lipinski definition) is 1. The van der Waals surface area contributed by atoms with Gasteiger partial charge in [-0.2, -0.15) is 28.6 Å². The van der Waals surface area contributed by atoms with Crippen molar-refractivity contribution >= 4 is 11.9 Å². The lowest BCUT2D eigenvalue weighted by atomic mass is 9.65. The van der Waals surface area contributed by atoms with E-state index in [0.717, 1.165) is 31.4 Å². The summed E-state index contributed by atoms with van der Waals surface area (Å²) in [7, 11) is 0. The SMILES string of the molecule is CC(C)(C)OC(=O)N1CC[C@]2(C1)C[C@H](n1nc(-c3cnn(Cc4cc(C(F)(F)F)ccc4F)c3)c(C#N)c1N)C2. The van der Waals surface area contributed by atoms with E-state index < -0.39 is 23.2 Å². The number of likely N-dealkylation sites (tertiary alicyclic amines) is 1. The van der Waals surface area contributed by atoms with Crippen LogP contribution in [-0.2, 0) is 17.5 Å². The minimum Gasteiger partial charge on any atom is -0.444 e.